The van der Waals surface area contributed by atoms with Crippen LogP contribution in [0.1, 0.15) is 23.7 Å². The second-order valence-corrected chi connectivity index (χ2v) is 11.5. The van der Waals surface area contributed by atoms with E-state index in [4.69, 9.17) is 4.74 Å². The molecule has 0 saturated carbocycles. The second-order valence-electron chi connectivity index (χ2n) is 7.08. The van der Waals surface area contributed by atoms with Crippen molar-refractivity contribution in [1.82, 2.24) is 9.80 Å². The summed E-state index contributed by atoms with van der Waals surface area (Å²) in [6.07, 6.45) is -0.349. The first kappa shape index (κ1) is 21.6. The zero-order valence-corrected chi connectivity index (χ0v) is 17.7. The minimum absolute atomic E-state index is 0.0457. The molecule has 9 nitrogen and oxygen atoms in total. The lowest BCUT2D eigenvalue weighted by Crippen LogP contribution is -2.50. The number of hydrogen-bond donors (Lipinski definition) is 0. The lowest BCUT2D eigenvalue weighted by atomic mass is 10.2. The molecule has 1 unspecified atom stereocenters. The molecule has 1 aromatic carbocycles. The van der Waals surface area contributed by atoms with Crippen molar-refractivity contribution in [2.45, 2.75) is 23.5 Å². The summed E-state index contributed by atoms with van der Waals surface area (Å²) in [6.45, 7) is 3.30. The van der Waals surface area contributed by atoms with Crippen molar-refractivity contribution in [3.63, 3.8) is 0 Å². The lowest BCUT2D eigenvalue weighted by molar-refractivity contribution is 0.0570. The van der Waals surface area contributed by atoms with Gasteiger partial charge in [-0.2, -0.15) is 0 Å². The third kappa shape index (κ3) is 4.72. The van der Waals surface area contributed by atoms with Crippen molar-refractivity contribution in [3.05, 3.63) is 29.8 Å². The molecule has 1 aromatic rings. The van der Waals surface area contributed by atoms with Crippen LogP contribution >= 0.6 is 0 Å². The zero-order valence-electron chi connectivity index (χ0n) is 16.1. The number of piperazine rings is 1. The molecule has 0 aliphatic carbocycles. The van der Waals surface area contributed by atoms with Gasteiger partial charge in [-0.15, -0.1) is 0 Å². The maximum absolute atomic E-state index is 12.8. The Labute approximate surface area is 170 Å². The Bertz CT molecular complexity index is 997. The van der Waals surface area contributed by atoms with Crippen LogP contribution in [0.3, 0.4) is 0 Å². The number of carbonyl (C=O) groups is 2. The van der Waals surface area contributed by atoms with E-state index < -0.39 is 31.0 Å². The van der Waals surface area contributed by atoms with E-state index in [9.17, 15) is 26.4 Å². The van der Waals surface area contributed by atoms with Gasteiger partial charge in [0.05, 0.1) is 28.3 Å². The van der Waals surface area contributed by atoms with Gasteiger partial charge >= 0.3 is 6.09 Å². The summed E-state index contributed by atoms with van der Waals surface area (Å²) >= 11 is 0. The fraction of sp³-hybridized carbons (Fsp3) is 0.556. The Morgan fingerprint density at radius 2 is 1.79 bits per heavy atom. The minimum Gasteiger partial charge on any atom is -0.450 e. The third-order valence-corrected chi connectivity index (χ3v) is 9.30. The van der Waals surface area contributed by atoms with Gasteiger partial charge in [-0.05, 0) is 31.5 Å². The lowest BCUT2D eigenvalue weighted by Gasteiger charge is -2.34. The molecule has 0 aromatic heterocycles. The van der Waals surface area contributed by atoms with Crippen molar-refractivity contribution < 1.29 is 31.2 Å². The molecule has 160 valence electrons. The van der Waals surface area contributed by atoms with Gasteiger partial charge < -0.3 is 14.5 Å². The van der Waals surface area contributed by atoms with Crippen LogP contribution < -0.4 is 0 Å². The highest BCUT2D eigenvalue weighted by molar-refractivity contribution is 7.96. The summed E-state index contributed by atoms with van der Waals surface area (Å²) in [7, 11) is -7.19. The Kier molecular flexibility index (Phi) is 6.18. The molecule has 1 atom stereocenters. The second kappa shape index (κ2) is 8.31. The first-order valence-electron chi connectivity index (χ1n) is 9.39. The van der Waals surface area contributed by atoms with E-state index in [-0.39, 0.29) is 40.9 Å². The average molecular weight is 445 g/mol. The molecule has 0 N–H and O–H groups in total. The highest BCUT2D eigenvalue weighted by Crippen LogP contribution is 2.26. The summed E-state index contributed by atoms with van der Waals surface area (Å²) < 4.78 is 53.9. The quantitative estimate of drug-likeness (QED) is 0.666. The smallest absolute Gasteiger partial charge is 0.409 e. The van der Waals surface area contributed by atoms with E-state index in [1.807, 2.05) is 0 Å². The molecule has 2 amide bonds. The Morgan fingerprint density at radius 1 is 1.14 bits per heavy atom. The predicted molar refractivity (Wildman–Crippen MR) is 105 cm³/mol. The van der Waals surface area contributed by atoms with Crippen LogP contribution in [0.15, 0.2) is 29.2 Å². The van der Waals surface area contributed by atoms with Crippen LogP contribution in [0.25, 0.3) is 0 Å². The molecule has 0 spiro atoms. The fourth-order valence-electron chi connectivity index (χ4n) is 3.49. The Balaban J connectivity index is 1.71. The Hall–Kier alpha value is -2.14. The number of carbonyl (C=O) groups excluding carboxylic acids is 2. The fourth-order valence-corrected chi connectivity index (χ4v) is 7.90. The standard InChI is InChI=1S/C18H24N2O7S2/c1-2-27-18(22)20-9-7-19(8-10-20)17(21)14-4-3-5-15(12-14)29(25,26)16-6-11-28(23,24)13-16/h3-5,12,16H,2,6-11,13H2,1H3. The summed E-state index contributed by atoms with van der Waals surface area (Å²) in [5.74, 6) is -0.853. The topological polar surface area (TPSA) is 118 Å². The number of sulfone groups is 2. The molecule has 2 aliphatic rings. The van der Waals surface area contributed by atoms with Crippen LogP contribution in [0.2, 0.25) is 0 Å². The number of nitrogens with zero attached hydrogens (tertiary/aromatic N) is 2. The predicted octanol–water partition coefficient (Wildman–Crippen LogP) is 0.562. The molecule has 2 saturated heterocycles. The molecule has 11 heteroatoms. The van der Waals surface area contributed by atoms with E-state index in [0.29, 0.717) is 26.2 Å². The van der Waals surface area contributed by atoms with Gasteiger partial charge in [0.2, 0.25) is 0 Å². The van der Waals surface area contributed by atoms with Gasteiger partial charge in [0.25, 0.3) is 5.91 Å². The molecule has 2 heterocycles. The first-order chi connectivity index (χ1) is 13.6. The van der Waals surface area contributed by atoms with E-state index in [1.165, 1.54) is 29.2 Å². The molecular formula is C18H24N2O7S2. The highest BCUT2D eigenvalue weighted by atomic mass is 32.2. The van der Waals surface area contributed by atoms with Crippen molar-refractivity contribution in [3.8, 4) is 0 Å². The number of hydrogen-bond acceptors (Lipinski definition) is 7. The largest absolute Gasteiger partial charge is 0.450 e. The van der Waals surface area contributed by atoms with Gasteiger partial charge in [0.15, 0.2) is 19.7 Å². The summed E-state index contributed by atoms with van der Waals surface area (Å²) in [5.41, 5.74) is 0.219. The number of ether oxygens (including phenoxy) is 1. The van der Waals surface area contributed by atoms with Crippen LogP contribution in [0, 0.1) is 0 Å². The maximum Gasteiger partial charge on any atom is 0.409 e. The van der Waals surface area contributed by atoms with Crippen LogP contribution in [-0.2, 0) is 24.4 Å². The number of benzene rings is 1. The number of amides is 2. The summed E-state index contributed by atoms with van der Waals surface area (Å²) in [5, 5.41) is -0.981. The summed E-state index contributed by atoms with van der Waals surface area (Å²) in [6, 6.07) is 5.71. The minimum atomic E-state index is -3.84. The monoisotopic (exact) mass is 444 g/mol. The van der Waals surface area contributed by atoms with Crippen molar-refractivity contribution in [1.29, 1.82) is 0 Å². The zero-order chi connectivity index (χ0) is 21.2. The van der Waals surface area contributed by atoms with Gasteiger partial charge in [0.1, 0.15) is 0 Å². The maximum atomic E-state index is 12.8. The van der Waals surface area contributed by atoms with Gasteiger partial charge in [-0.3, -0.25) is 4.79 Å². The van der Waals surface area contributed by atoms with Crippen LogP contribution in [-0.4, -0.2) is 88.2 Å². The average Bonchev–Trinajstić information content (AvgIpc) is 3.08. The van der Waals surface area contributed by atoms with Crippen molar-refractivity contribution in [2.24, 2.45) is 0 Å². The third-order valence-electron chi connectivity index (χ3n) is 5.13. The molecule has 29 heavy (non-hydrogen) atoms. The van der Waals surface area contributed by atoms with Crippen LogP contribution in [0.5, 0.6) is 0 Å². The molecule has 0 radical (unpaired) electrons. The first-order valence-corrected chi connectivity index (χ1v) is 12.8. The normalized spacial score (nSPS) is 21.8. The molecule has 2 aliphatic heterocycles. The van der Waals surface area contributed by atoms with Gasteiger partial charge in [-0.1, -0.05) is 6.07 Å². The molecule has 0 bridgehead atoms. The molecule has 2 fully saturated rings. The van der Waals surface area contributed by atoms with E-state index >= 15 is 0 Å². The molecular weight excluding hydrogens is 420 g/mol. The van der Waals surface area contributed by atoms with E-state index in [1.54, 1.807) is 11.8 Å². The highest BCUT2D eigenvalue weighted by Gasteiger charge is 2.38. The number of rotatable bonds is 4. The van der Waals surface area contributed by atoms with Crippen molar-refractivity contribution in [2.75, 3.05) is 44.3 Å². The van der Waals surface area contributed by atoms with Crippen molar-refractivity contribution >= 4 is 31.7 Å². The summed E-state index contributed by atoms with van der Waals surface area (Å²) in [4.78, 5) is 27.6. The SMILES string of the molecule is CCOC(=O)N1CCN(C(=O)c2cccc(S(=O)(=O)C3CCS(=O)(=O)C3)c2)CC1. The van der Waals surface area contributed by atoms with Crippen LogP contribution in [0.4, 0.5) is 4.79 Å². The molecule has 3 rings (SSSR count). The van der Waals surface area contributed by atoms with E-state index in [0.717, 1.165) is 0 Å². The van der Waals surface area contributed by atoms with Gasteiger partial charge in [0, 0.05) is 31.7 Å². The van der Waals surface area contributed by atoms with E-state index in [2.05, 4.69) is 0 Å². The van der Waals surface area contributed by atoms with Gasteiger partial charge in [-0.25, -0.2) is 21.6 Å². The Morgan fingerprint density at radius 3 is 2.38 bits per heavy atom.